The number of benzene rings is 1. The maximum atomic E-state index is 13.7. The van der Waals surface area contributed by atoms with E-state index in [1.54, 1.807) is 0 Å². The van der Waals surface area contributed by atoms with Gasteiger partial charge >= 0.3 is 0 Å². The Kier molecular flexibility index (Phi) is 2.32. The molecular formula is C11H14FN. The SMILES string of the molecule is Cc1cccc2c1C(F)CCNC2. The van der Waals surface area contributed by atoms with Gasteiger partial charge in [-0.05, 0) is 36.6 Å². The zero-order valence-electron chi connectivity index (χ0n) is 7.81. The van der Waals surface area contributed by atoms with E-state index >= 15 is 0 Å². The lowest BCUT2D eigenvalue weighted by molar-refractivity contribution is 0.325. The molecule has 2 heteroatoms. The first-order valence-electron chi connectivity index (χ1n) is 4.72. The normalized spacial score (nSPS) is 22.2. The molecule has 70 valence electrons. The largest absolute Gasteiger partial charge is 0.313 e. The molecule has 0 saturated carbocycles. The monoisotopic (exact) mass is 179 g/mol. The molecule has 0 spiro atoms. The zero-order chi connectivity index (χ0) is 9.26. The lowest BCUT2D eigenvalue weighted by Crippen LogP contribution is -2.12. The fourth-order valence-corrected chi connectivity index (χ4v) is 1.94. The zero-order valence-corrected chi connectivity index (χ0v) is 7.81. The Morgan fingerprint density at radius 1 is 1.46 bits per heavy atom. The van der Waals surface area contributed by atoms with Gasteiger partial charge in [0.15, 0.2) is 0 Å². The number of aryl methyl sites for hydroxylation is 1. The summed E-state index contributed by atoms with van der Waals surface area (Å²) in [6.45, 7) is 3.56. The van der Waals surface area contributed by atoms with Crippen LogP contribution in [0.25, 0.3) is 0 Å². The van der Waals surface area contributed by atoms with E-state index in [0.29, 0.717) is 6.42 Å². The van der Waals surface area contributed by atoms with Gasteiger partial charge < -0.3 is 5.32 Å². The fourth-order valence-electron chi connectivity index (χ4n) is 1.94. The van der Waals surface area contributed by atoms with Crippen LogP contribution in [0.15, 0.2) is 18.2 Å². The third-order valence-electron chi connectivity index (χ3n) is 2.62. The van der Waals surface area contributed by atoms with E-state index in [2.05, 4.69) is 5.32 Å². The van der Waals surface area contributed by atoms with Gasteiger partial charge in [0, 0.05) is 6.54 Å². The quantitative estimate of drug-likeness (QED) is 0.645. The van der Waals surface area contributed by atoms with Crippen molar-refractivity contribution in [3.8, 4) is 0 Å². The molecular weight excluding hydrogens is 165 g/mol. The van der Waals surface area contributed by atoms with Crippen molar-refractivity contribution in [2.45, 2.75) is 26.1 Å². The predicted octanol–water partition coefficient (Wildman–Crippen LogP) is 2.50. The Hall–Kier alpha value is -0.890. The van der Waals surface area contributed by atoms with Crippen molar-refractivity contribution in [2.75, 3.05) is 6.54 Å². The highest BCUT2D eigenvalue weighted by atomic mass is 19.1. The van der Waals surface area contributed by atoms with Crippen molar-refractivity contribution in [1.82, 2.24) is 5.32 Å². The van der Waals surface area contributed by atoms with Crippen molar-refractivity contribution < 1.29 is 4.39 Å². The molecule has 1 nitrogen and oxygen atoms in total. The van der Waals surface area contributed by atoms with Crippen molar-refractivity contribution in [3.63, 3.8) is 0 Å². The molecule has 0 fully saturated rings. The van der Waals surface area contributed by atoms with Crippen molar-refractivity contribution in [3.05, 3.63) is 34.9 Å². The van der Waals surface area contributed by atoms with Crippen molar-refractivity contribution >= 4 is 0 Å². The van der Waals surface area contributed by atoms with Crippen LogP contribution in [0.3, 0.4) is 0 Å². The van der Waals surface area contributed by atoms with Crippen LogP contribution >= 0.6 is 0 Å². The van der Waals surface area contributed by atoms with Gasteiger partial charge in [-0.3, -0.25) is 0 Å². The highest BCUT2D eigenvalue weighted by Crippen LogP contribution is 2.29. The summed E-state index contributed by atoms with van der Waals surface area (Å²) in [5, 5.41) is 3.22. The summed E-state index contributed by atoms with van der Waals surface area (Å²) >= 11 is 0. The highest BCUT2D eigenvalue weighted by Gasteiger charge is 2.18. The average molecular weight is 179 g/mol. The number of hydrogen-bond acceptors (Lipinski definition) is 1. The van der Waals surface area contributed by atoms with Gasteiger partial charge in [0.2, 0.25) is 0 Å². The van der Waals surface area contributed by atoms with Crippen LogP contribution in [0, 0.1) is 6.92 Å². The molecule has 1 aliphatic heterocycles. The van der Waals surface area contributed by atoms with Gasteiger partial charge in [0.05, 0.1) is 0 Å². The summed E-state index contributed by atoms with van der Waals surface area (Å²) in [5.41, 5.74) is 3.10. The Balaban J connectivity index is 2.48. The molecule has 1 aromatic rings. The number of fused-ring (bicyclic) bond motifs is 1. The Bertz CT molecular complexity index is 309. The molecule has 2 rings (SSSR count). The molecule has 0 amide bonds. The fraction of sp³-hybridized carbons (Fsp3) is 0.455. The van der Waals surface area contributed by atoms with Gasteiger partial charge in [-0.15, -0.1) is 0 Å². The summed E-state index contributed by atoms with van der Waals surface area (Å²) < 4.78 is 13.7. The van der Waals surface area contributed by atoms with Crippen LogP contribution in [0.4, 0.5) is 4.39 Å². The van der Waals surface area contributed by atoms with E-state index in [9.17, 15) is 4.39 Å². The van der Waals surface area contributed by atoms with Crippen LogP contribution in [-0.4, -0.2) is 6.54 Å². The second-order valence-corrected chi connectivity index (χ2v) is 3.58. The topological polar surface area (TPSA) is 12.0 Å². The Labute approximate surface area is 78.0 Å². The number of alkyl halides is 1. The van der Waals surface area contributed by atoms with Crippen LogP contribution in [0.1, 0.15) is 29.3 Å². The molecule has 13 heavy (non-hydrogen) atoms. The molecule has 1 heterocycles. The smallest absolute Gasteiger partial charge is 0.127 e. The Morgan fingerprint density at radius 3 is 3.15 bits per heavy atom. The van der Waals surface area contributed by atoms with Crippen LogP contribution in [-0.2, 0) is 6.54 Å². The number of nitrogens with one attached hydrogen (secondary N) is 1. The standard InChI is InChI=1S/C11H14FN/c1-8-3-2-4-9-7-13-6-5-10(12)11(8)9/h2-4,10,13H,5-7H2,1H3. The summed E-state index contributed by atoms with van der Waals surface area (Å²) in [4.78, 5) is 0. The first-order chi connectivity index (χ1) is 6.29. The molecule has 0 aliphatic carbocycles. The summed E-state index contributed by atoms with van der Waals surface area (Å²) in [6, 6.07) is 5.98. The second kappa shape index (κ2) is 3.46. The first-order valence-corrected chi connectivity index (χ1v) is 4.72. The number of halogens is 1. The third-order valence-corrected chi connectivity index (χ3v) is 2.62. The molecule has 0 radical (unpaired) electrons. The number of hydrogen-bond donors (Lipinski definition) is 1. The van der Waals surface area contributed by atoms with Gasteiger partial charge in [0.25, 0.3) is 0 Å². The van der Waals surface area contributed by atoms with Gasteiger partial charge in [-0.1, -0.05) is 18.2 Å². The summed E-state index contributed by atoms with van der Waals surface area (Å²) in [5.74, 6) is 0. The van der Waals surface area contributed by atoms with Gasteiger partial charge in [-0.25, -0.2) is 4.39 Å². The van der Waals surface area contributed by atoms with Gasteiger partial charge in [-0.2, -0.15) is 0 Å². The molecule has 1 aromatic carbocycles. The minimum absolute atomic E-state index is 0.595. The van der Waals surface area contributed by atoms with E-state index < -0.39 is 6.17 Å². The molecule has 1 unspecified atom stereocenters. The average Bonchev–Trinajstić information content (AvgIpc) is 2.29. The molecule has 0 aromatic heterocycles. The lowest BCUT2D eigenvalue weighted by Gasteiger charge is -2.11. The third kappa shape index (κ3) is 1.59. The predicted molar refractivity (Wildman–Crippen MR) is 51.4 cm³/mol. The molecule has 1 N–H and O–H groups in total. The lowest BCUT2D eigenvalue weighted by atomic mass is 9.97. The van der Waals surface area contributed by atoms with E-state index in [0.717, 1.165) is 29.8 Å². The minimum Gasteiger partial charge on any atom is -0.313 e. The minimum atomic E-state index is -0.786. The maximum Gasteiger partial charge on any atom is 0.127 e. The van der Waals surface area contributed by atoms with Crippen molar-refractivity contribution in [2.24, 2.45) is 0 Å². The summed E-state index contributed by atoms with van der Waals surface area (Å²) in [6.07, 6.45) is -0.191. The summed E-state index contributed by atoms with van der Waals surface area (Å²) in [7, 11) is 0. The Morgan fingerprint density at radius 2 is 2.31 bits per heavy atom. The number of rotatable bonds is 0. The van der Waals surface area contributed by atoms with Gasteiger partial charge in [0.1, 0.15) is 6.17 Å². The molecule has 1 aliphatic rings. The molecule has 1 atom stereocenters. The van der Waals surface area contributed by atoms with Crippen LogP contribution in [0.5, 0.6) is 0 Å². The van der Waals surface area contributed by atoms with E-state index in [1.165, 1.54) is 0 Å². The molecule has 0 saturated heterocycles. The van der Waals surface area contributed by atoms with E-state index in [4.69, 9.17) is 0 Å². The maximum absolute atomic E-state index is 13.7. The van der Waals surface area contributed by atoms with Crippen LogP contribution < -0.4 is 5.32 Å². The van der Waals surface area contributed by atoms with Crippen molar-refractivity contribution in [1.29, 1.82) is 0 Å². The van der Waals surface area contributed by atoms with E-state index in [1.807, 2.05) is 25.1 Å². The second-order valence-electron chi connectivity index (χ2n) is 3.58. The first kappa shape index (κ1) is 8.70. The highest BCUT2D eigenvalue weighted by molar-refractivity contribution is 5.36. The van der Waals surface area contributed by atoms with E-state index in [-0.39, 0.29) is 0 Å². The van der Waals surface area contributed by atoms with Crippen LogP contribution in [0.2, 0.25) is 0 Å². The molecule has 0 bridgehead atoms.